The highest BCUT2D eigenvalue weighted by atomic mass is 35.5. The Morgan fingerprint density at radius 3 is 2.42 bits per heavy atom. The quantitative estimate of drug-likeness (QED) is 0.222. The van der Waals surface area contributed by atoms with Gasteiger partial charge in [-0.15, -0.1) is 0 Å². The summed E-state index contributed by atoms with van der Waals surface area (Å²) in [6, 6.07) is 15.0. The van der Waals surface area contributed by atoms with Crippen LogP contribution in [0.4, 0.5) is 5.69 Å². The Kier molecular flexibility index (Phi) is 10.6. The van der Waals surface area contributed by atoms with Gasteiger partial charge in [0.25, 0.3) is 0 Å². The Morgan fingerprint density at radius 1 is 1.08 bits per heavy atom. The third-order valence-electron chi connectivity index (χ3n) is 9.56. The minimum absolute atomic E-state index is 0.203. The number of nitriles is 1. The second kappa shape index (κ2) is 14.2. The lowest BCUT2D eigenvalue weighted by atomic mass is 9.81. The Morgan fingerprint density at radius 2 is 1.79 bits per heavy atom. The molecular weight excluding hydrogens is 620 g/mol. The summed E-state index contributed by atoms with van der Waals surface area (Å²) in [7, 11) is 0. The minimum Gasteiger partial charge on any atom is -0.461 e. The van der Waals surface area contributed by atoms with Crippen LogP contribution in [0.5, 0.6) is 0 Å². The van der Waals surface area contributed by atoms with Gasteiger partial charge in [0, 0.05) is 54.6 Å². The third kappa shape index (κ3) is 8.05. The zero-order valence-corrected chi connectivity index (χ0v) is 30.9. The highest BCUT2D eigenvalue weighted by molar-refractivity contribution is 6.31. The molecule has 2 aliphatic heterocycles. The Labute approximate surface area is 292 Å². The Balaban J connectivity index is 1.63. The number of anilines is 1. The van der Waals surface area contributed by atoms with Gasteiger partial charge < -0.3 is 14.4 Å². The molecule has 0 radical (unpaired) electrons. The predicted octanol–water partition coefficient (Wildman–Crippen LogP) is 8.88. The number of hydrogen-bond donors (Lipinski definition) is 0. The van der Waals surface area contributed by atoms with Crippen LogP contribution in [0.1, 0.15) is 107 Å². The molecule has 3 heterocycles. The van der Waals surface area contributed by atoms with Crippen molar-refractivity contribution >= 4 is 23.3 Å². The zero-order chi connectivity index (χ0) is 35.0. The van der Waals surface area contributed by atoms with Gasteiger partial charge in [0.2, 0.25) is 0 Å². The summed E-state index contributed by atoms with van der Waals surface area (Å²) in [4.78, 5) is 23.5. The summed E-state index contributed by atoms with van der Waals surface area (Å²) in [5.74, 6) is -0.446. The predicted molar refractivity (Wildman–Crippen MR) is 193 cm³/mol. The van der Waals surface area contributed by atoms with Crippen LogP contribution in [-0.4, -0.2) is 47.2 Å². The smallest absolute Gasteiger partial charge is 0.340 e. The van der Waals surface area contributed by atoms with E-state index in [2.05, 4.69) is 60.9 Å². The topological polar surface area (TPSA) is 78.7 Å². The molecular formula is C40H51ClN4O3. The van der Waals surface area contributed by atoms with Crippen LogP contribution in [0, 0.1) is 30.6 Å². The molecule has 0 aliphatic carbocycles. The molecule has 2 aromatic carbocycles. The number of benzene rings is 2. The van der Waals surface area contributed by atoms with Crippen molar-refractivity contribution in [2.75, 3.05) is 24.5 Å². The number of aromatic nitrogens is 1. The molecule has 5 rings (SSSR count). The summed E-state index contributed by atoms with van der Waals surface area (Å²) in [6.07, 6.45) is 1.54. The second-order valence-electron chi connectivity index (χ2n) is 15.5. The first-order valence-electron chi connectivity index (χ1n) is 17.2. The number of carbonyl (C=O) groups excluding carboxylic acids is 1. The van der Waals surface area contributed by atoms with E-state index in [1.54, 1.807) is 0 Å². The van der Waals surface area contributed by atoms with Crippen LogP contribution in [0.2, 0.25) is 5.02 Å². The molecule has 48 heavy (non-hydrogen) atoms. The second-order valence-corrected chi connectivity index (χ2v) is 15.9. The minimum atomic E-state index is -1.00. The summed E-state index contributed by atoms with van der Waals surface area (Å²) in [5.41, 5.74) is 8.67. The number of halogens is 1. The number of piperidine rings is 1. The van der Waals surface area contributed by atoms with E-state index in [1.807, 2.05) is 53.7 Å². The van der Waals surface area contributed by atoms with Crippen molar-refractivity contribution in [1.29, 1.82) is 5.26 Å². The fourth-order valence-electron chi connectivity index (χ4n) is 6.90. The van der Waals surface area contributed by atoms with E-state index in [0.29, 0.717) is 17.0 Å². The van der Waals surface area contributed by atoms with Gasteiger partial charge in [-0.25, -0.2) is 9.78 Å². The number of nitrogens with zero attached hydrogens (tertiary/aromatic N) is 4. The number of fused-ring (bicyclic) bond motifs is 1. The maximum absolute atomic E-state index is 13.8. The van der Waals surface area contributed by atoms with Crippen LogP contribution in [0.25, 0.3) is 11.1 Å². The average Bonchev–Trinajstić information content (AvgIpc) is 3.00. The highest BCUT2D eigenvalue weighted by Gasteiger charge is 2.38. The molecule has 1 atom stereocenters. The van der Waals surface area contributed by atoms with Crippen LogP contribution in [-0.2, 0) is 33.8 Å². The Bertz CT molecular complexity index is 1690. The summed E-state index contributed by atoms with van der Waals surface area (Å²) < 4.78 is 12.3. The number of hydrogen-bond acceptors (Lipinski definition) is 7. The molecule has 0 N–H and O–H groups in total. The standard InChI is InChI=1S/C40H51ClN4O3/c1-25(2)47-38(46)37(48-39(5,6)7)34-27(4)43-33(22-42)35(36(34)45-19-16-40(8,9)17-20-45)29-13-14-30-23-44(18-15-28(30)21-29)24-31-26(3)11-10-12-32(31)41/h10-14,21,25,37H,15-20,23-24H2,1-9H3/t37-/m0/s1. The van der Waals surface area contributed by atoms with Gasteiger partial charge in [-0.3, -0.25) is 4.90 Å². The van der Waals surface area contributed by atoms with E-state index >= 15 is 0 Å². The van der Waals surface area contributed by atoms with E-state index in [1.165, 1.54) is 22.3 Å². The summed E-state index contributed by atoms with van der Waals surface area (Å²) in [5, 5.41) is 11.3. The number of rotatable bonds is 8. The van der Waals surface area contributed by atoms with Crippen molar-refractivity contribution in [3.63, 3.8) is 0 Å². The number of carbonyl (C=O) groups is 1. The summed E-state index contributed by atoms with van der Waals surface area (Å²) >= 11 is 6.59. The largest absolute Gasteiger partial charge is 0.461 e. The van der Waals surface area contributed by atoms with Crippen molar-refractivity contribution in [2.24, 2.45) is 5.41 Å². The molecule has 0 amide bonds. The monoisotopic (exact) mass is 670 g/mol. The Hall–Kier alpha value is -3.44. The average molecular weight is 671 g/mol. The lowest BCUT2D eigenvalue weighted by Crippen LogP contribution is -2.39. The van der Waals surface area contributed by atoms with Gasteiger partial charge in [-0.2, -0.15) is 5.26 Å². The summed E-state index contributed by atoms with van der Waals surface area (Å²) in [6.45, 7) is 22.2. The van der Waals surface area contributed by atoms with Crippen molar-refractivity contribution < 1.29 is 14.3 Å². The van der Waals surface area contributed by atoms with E-state index in [9.17, 15) is 10.1 Å². The van der Waals surface area contributed by atoms with Crippen LogP contribution >= 0.6 is 11.6 Å². The molecule has 1 saturated heterocycles. The number of pyridine rings is 1. The molecule has 1 aromatic heterocycles. The zero-order valence-electron chi connectivity index (χ0n) is 30.2. The SMILES string of the molecule is Cc1cccc(Cl)c1CN1CCc2cc(-c3c(C#N)nc(C)c([C@H](OC(C)(C)C)C(=O)OC(C)C)c3N3CCC(C)(C)CC3)ccc2C1. The normalized spacial score (nSPS) is 17.2. The molecule has 8 heteroatoms. The maximum atomic E-state index is 13.8. The molecule has 3 aromatic rings. The molecule has 1 fully saturated rings. The number of aryl methyl sites for hydroxylation is 2. The first-order valence-corrected chi connectivity index (χ1v) is 17.6. The molecule has 256 valence electrons. The molecule has 0 bridgehead atoms. The van der Waals surface area contributed by atoms with Gasteiger partial charge in [0.1, 0.15) is 6.07 Å². The fraction of sp³-hybridized carbons (Fsp3) is 0.525. The maximum Gasteiger partial charge on any atom is 0.340 e. The van der Waals surface area contributed by atoms with E-state index in [-0.39, 0.29) is 11.5 Å². The number of ether oxygens (including phenoxy) is 2. The van der Waals surface area contributed by atoms with E-state index < -0.39 is 17.7 Å². The van der Waals surface area contributed by atoms with E-state index in [4.69, 9.17) is 26.1 Å². The number of esters is 1. The van der Waals surface area contributed by atoms with Crippen LogP contribution in [0.15, 0.2) is 36.4 Å². The van der Waals surface area contributed by atoms with Crippen molar-refractivity contribution in [3.8, 4) is 17.2 Å². The molecule has 0 spiro atoms. The van der Waals surface area contributed by atoms with Crippen LogP contribution < -0.4 is 4.90 Å². The van der Waals surface area contributed by atoms with Gasteiger partial charge in [0.15, 0.2) is 11.8 Å². The first-order chi connectivity index (χ1) is 22.6. The third-order valence-corrected chi connectivity index (χ3v) is 9.91. The fourth-order valence-corrected chi connectivity index (χ4v) is 7.18. The van der Waals surface area contributed by atoms with Crippen molar-refractivity contribution in [2.45, 2.75) is 112 Å². The van der Waals surface area contributed by atoms with E-state index in [0.717, 1.165) is 73.8 Å². The van der Waals surface area contributed by atoms with Gasteiger partial charge in [0.05, 0.1) is 17.4 Å². The molecule has 0 saturated carbocycles. The van der Waals surface area contributed by atoms with Crippen LogP contribution in [0.3, 0.4) is 0 Å². The van der Waals surface area contributed by atoms with Gasteiger partial charge >= 0.3 is 5.97 Å². The lowest BCUT2D eigenvalue weighted by molar-refractivity contribution is -0.171. The molecule has 0 unspecified atom stereocenters. The molecule has 7 nitrogen and oxygen atoms in total. The lowest BCUT2D eigenvalue weighted by Gasteiger charge is -2.41. The first kappa shape index (κ1) is 35.9. The van der Waals surface area contributed by atoms with Crippen molar-refractivity contribution in [1.82, 2.24) is 9.88 Å². The van der Waals surface area contributed by atoms with Crippen molar-refractivity contribution in [3.05, 3.63) is 80.6 Å². The highest BCUT2D eigenvalue weighted by Crippen LogP contribution is 2.45. The van der Waals surface area contributed by atoms with Gasteiger partial charge in [-0.05, 0) is 107 Å². The van der Waals surface area contributed by atoms with Gasteiger partial charge in [-0.1, -0.05) is 55.8 Å². The molecule has 2 aliphatic rings.